The van der Waals surface area contributed by atoms with Gasteiger partial charge in [-0.2, -0.15) is 0 Å². The minimum atomic E-state index is -0.506. The van der Waals surface area contributed by atoms with E-state index in [1.807, 2.05) is 0 Å². The van der Waals surface area contributed by atoms with Gasteiger partial charge < -0.3 is 21.5 Å². The highest BCUT2D eigenvalue weighted by Gasteiger charge is 2.00. The molecule has 6 heteroatoms. The van der Waals surface area contributed by atoms with Crippen LogP contribution in [0, 0.1) is 0 Å². The third-order valence-corrected chi connectivity index (χ3v) is 1.92. The van der Waals surface area contributed by atoms with Crippen LogP contribution in [0.1, 0.15) is 25.7 Å². The second-order valence-corrected chi connectivity index (χ2v) is 3.47. The van der Waals surface area contributed by atoms with Crippen LogP contribution in [0.2, 0.25) is 0 Å². The third-order valence-electron chi connectivity index (χ3n) is 1.92. The molecule has 0 aliphatic heterocycles. The van der Waals surface area contributed by atoms with E-state index < -0.39 is 5.91 Å². The predicted molar refractivity (Wildman–Crippen MR) is 60.5 cm³/mol. The van der Waals surface area contributed by atoms with Gasteiger partial charge in [0.05, 0.1) is 6.61 Å². The molecule has 6 nitrogen and oxygen atoms in total. The highest BCUT2D eigenvalue weighted by atomic mass is 16.5. The lowest BCUT2D eigenvalue weighted by molar-refractivity contribution is -0.122. The molecule has 2 amide bonds. The minimum Gasteiger partial charge on any atom is -0.370 e. The number of ether oxygens (including phenoxy) is 1. The van der Waals surface area contributed by atoms with Gasteiger partial charge >= 0.3 is 0 Å². The van der Waals surface area contributed by atoms with Crippen LogP contribution in [0.25, 0.3) is 0 Å². The summed E-state index contributed by atoms with van der Waals surface area (Å²) in [5.74, 6) is -0.507. The monoisotopic (exact) mass is 231 g/mol. The highest BCUT2D eigenvalue weighted by Crippen LogP contribution is 1.97. The standard InChI is InChI=1S/C10H21N3O3/c11-5-3-1-2-4-10(15)13-6-7-16-8-9(12)14/h1-8,11H2,(H2,12,14)(H,13,15). The number of nitrogens with two attached hydrogens (primary N) is 2. The second-order valence-electron chi connectivity index (χ2n) is 3.47. The van der Waals surface area contributed by atoms with Gasteiger partial charge in [0, 0.05) is 13.0 Å². The summed E-state index contributed by atoms with van der Waals surface area (Å²) in [7, 11) is 0. The van der Waals surface area contributed by atoms with Crippen molar-refractivity contribution in [2.75, 3.05) is 26.3 Å². The molecule has 16 heavy (non-hydrogen) atoms. The number of primary amides is 1. The number of unbranched alkanes of at least 4 members (excludes halogenated alkanes) is 2. The number of carbonyl (C=O) groups excluding carboxylic acids is 2. The van der Waals surface area contributed by atoms with Gasteiger partial charge in [0.2, 0.25) is 11.8 Å². The van der Waals surface area contributed by atoms with Crippen molar-refractivity contribution in [3.8, 4) is 0 Å². The lowest BCUT2D eigenvalue weighted by Gasteiger charge is -2.05. The third kappa shape index (κ3) is 10.9. The van der Waals surface area contributed by atoms with Gasteiger partial charge in [0.25, 0.3) is 0 Å². The molecule has 5 N–H and O–H groups in total. The van der Waals surface area contributed by atoms with E-state index in [0.29, 0.717) is 26.1 Å². The molecule has 0 saturated heterocycles. The second kappa shape index (κ2) is 10.4. The summed E-state index contributed by atoms with van der Waals surface area (Å²) in [5.41, 5.74) is 10.2. The van der Waals surface area contributed by atoms with Crippen LogP contribution in [-0.4, -0.2) is 38.1 Å². The van der Waals surface area contributed by atoms with Crippen LogP contribution in [0.5, 0.6) is 0 Å². The Labute approximate surface area is 95.7 Å². The van der Waals surface area contributed by atoms with Crippen LogP contribution in [0.15, 0.2) is 0 Å². The molecule has 0 heterocycles. The van der Waals surface area contributed by atoms with Crippen molar-refractivity contribution in [2.24, 2.45) is 11.5 Å². The van der Waals surface area contributed by atoms with E-state index in [9.17, 15) is 9.59 Å². The molecule has 0 aromatic rings. The molecule has 0 unspecified atom stereocenters. The van der Waals surface area contributed by atoms with Gasteiger partial charge in [-0.25, -0.2) is 0 Å². The first-order valence-corrected chi connectivity index (χ1v) is 5.49. The van der Waals surface area contributed by atoms with E-state index in [4.69, 9.17) is 16.2 Å². The Kier molecular flexibility index (Phi) is 9.64. The van der Waals surface area contributed by atoms with Crippen molar-refractivity contribution >= 4 is 11.8 Å². The molecule has 0 aromatic heterocycles. The van der Waals surface area contributed by atoms with Crippen LogP contribution < -0.4 is 16.8 Å². The molecule has 0 radical (unpaired) electrons. The predicted octanol–water partition coefficient (Wildman–Crippen LogP) is -0.876. The molecule has 0 rings (SSSR count). The molecule has 0 spiro atoms. The van der Waals surface area contributed by atoms with Gasteiger partial charge in [0.15, 0.2) is 0 Å². The largest absolute Gasteiger partial charge is 0.370 e. The molecule has 0 atom stereocenters. The summed E-state index contributed by atoms with van der Waals surface area (Å²) >= 11 is 0. The summed E-state index contributed by atoms with van der Waals surface area (Å²) in [6.45, 7) is 1.27. The zero-order chi connectivity index (χ0) is 12.2. The van der Waals surface area contributed by atoms with Crippen LogP contribution in [0.4, 0.5) is 0 Å². The molecule has 0 aromatic carbocycles. The number of amides is 2. The fourth-order valence-corrected chi connectivity index (χ4v) is 1.13. The van der Waals surface area contributed by atoms with Crippen molar-refractivity contribution in [3.63, 3.8) is 0 Å². The van der Waals surface area contributed by atoms with E-state index in [0.717, 1.165) is 19.3 Å². The van der Waals surface area contributed by atoms with Gasteiger partial charge in [-0.1, -0.05) is 6.42 Å². The molecule has 0 fully saturated rings. The smallest absolute Gasteiger partial charge is 0.243 e. The zero-order valence-electron chi connectivity index (χ0n) is 9.54. The Bertz CT molecular complexity index is 209. The lowest BCUT2D eigenvalue weighted by atomic mass is 10.2. The molecule has 94 valence electrons. The van der Waals surface area contributed by atoms with Gasteiger partial charge in [-0.3, -0.25) is 9.59 Å². The quantitative estimate of drug-likeness (QED) is 0.424. The van der Waals surface area contributed by atoms with Crippen molar-refractivity contribution < 1.29 is 14.3 Å². The van der Waals surface area contributed by atoms with Crippen molar-refractivity contribution in [3.05, 3.63) is 0 Å². The van der Waals surface area contributed by atoms with E-state index in [1.165, 1.54) is 0 Å². The number of hydrogen-bond donors (Lipinski definition) is 3. The zero-order valence-corrected chi connectivity index (χ0v) is 9.54. The maximum absolute atomic E-state index is 11.2. The fraction of sp³-hybridized carbons (Fsp3) is 0.800. The molecule has 0 aliphatic carbocycles. The van der Waals surface area contributed by atoms with Gasteiger partial charge in [0.1, 0.15) is 6.61 Å². The summed E-state index contributed by atoms with van der Waals surface area (Å²) in [6, 6.07) is 0. The highest BCUT2D eigenvalue weighted by molar-refractivity contribution is 5.76. The molecule has 0 bridgehead atoms. The van der Waals surface area contributed by atoms with Crippen molar-refractivity contribution in [2.45, 2.75) is 25.7 Å². The Hall–Kier alpha value is -1.14. The van der Waals surface area contributed by atoms with E-state index in [1.54, 1.807) is 0 Å². The van der Waals surface area contributed by atoms with Crippen LogP contribution in [-0.2, 0) is 14.3 Å². The average molecular weight is 231 g/mol. The lowest BCUT2D eigenvalue weighted by Crippen LogP contribution is -2.28. The molecule has 0 saturated carbocycles. The fourth-order valence-electron chi connectivity index (χ4n) is 1.13. The van der Waals surface area contributed by atoms with Gasteiger partial charge in [-0.15, -0.1) is 0 Å². The normalized spacial score (nSPS) is 10.1. The minimum absolute atomic E-state index is 0.000281. The summed E-state index contributed by atoms with van der Waals surface area (Å²) in [4.78, 5) is 21.5. The Balaban J connectivity index is 3.20. The molecular formula is C10H21N3O3. The summed E-state index contributed by atoms with van der Waals surface area (Å²) in [6.07, 6.45) is 3.29. The number of nitrogens with one attached hydrogen (secondary N) is 1. The maximum atomic E-state index is 11.2. The number of hydrogen-bond acceptors (Lipinski definition) is 4. The summed E-state index contributed by atoms with van der Waals surface area (Å²) < 4.78 is 4.88. The van der Waals surface area contributed by atoms with Crippen molar-refractivity contribution in [1.29, 1.82) is 0 Å². The van der Waals surface area contributed by atoms with Gasteiger partial charge in [-0.05, 0) is 19.4 Å². The maximum Gasteiger partial charge on any atom is 0.243 e. The topological polar surface area (TPSA) is 107 Å². The Morgan fingerprint density at radius 3 is 2.56 bits per heavy atom. The Morgan fingerprint density at radius 1 is 1.19 bits per heavy atom. The first-order chi connectivity index (χ1) is 7.66. The molecule has 0 aliphatic rings. The SMILES string of the molecule is NCCCCCC(=O)NCCOCC(N)=O. The first kappa shape index (κ1) is 14.9. The molecular weight excluding hydrogens is 210 g/mol. The van der Waals surface area contributed by atoms with E-state index in [2.05, 4.69) is 5.32 Å². The van der Waals surface area contributed by atoms with Crippen LogP contribution >= 0.6 is 0 Å². The summed E-state index contributed by atoms with van der Waals surface area (Å²) in [5, 5.41) is 2.69. The first-order valence-electron chi connectivity index (χ1n) is 5.49. The van der Waals surface area contributed by atoms with Crippen molar-refractivity contribution in [1.82, 2.24) is 5.32 Å². The number of rotatable bonds is 10. The van der Waals surface area contributed by atoms with E-state index >= 15 is 0 Å². The Morgan fingerprint density at radius 2 is 1.94 bits per heavy atom. The van der Waals surface area contributed by atoms with E-state index in [-0.39, 0.29) is 12.5 Å². The number of carbonyl (C=O) groups is 2. The average Bonchev–Trinajstić information content (AvgIpc) is 2.23. The van der Waals surface area contributed by atoms with Crippen LogP contribution in [0.3, 0.4) is 0 Å².